The van der Waals surface area contributed by atoms with Crippen molar-refractivity contribution in [3.8, 4) is 0 Å². The van der Waals surface area contributed by atoms with Crippen LogP contribution in [0.4, 0.5) is 0 Å². The Balaban J connectivity index is 1.92. The van der Waals surface area contributed by atoms with E-state index in [-0.39, 0.29) is 0 Å². The monoisotopic (exact) mass is 288 g/mol. The molecule has 1 aliphatic heterocycles. The minimum Gasteiger partial charge on any atom is -0.314 e. The first kappa shape index (κ1) is 16.5. The molecule has 1 N–H and O–H groups in total. The molecule has 0 bridgehead atoms. The lowest BCUT2D eigenvalue weighted by atomic mass is 9.98. The molecule has 1 atom stereocenters. The predicted octanol–water partition coefficient (Wildman–Crippen LogP) is 4.16. The van der Waals surface area contributed by atoms with E-state index in [2.05, 4.69) is 69.1 Å². The highest BCUT2D eigenvalue weighted by Gasteiger charge is 2.31. The summed E-state index contributed by atoms with van der Waals surface area (Å²) in [6.45, 7) is 14.8. The van der Waals surface area contributed by atoms with E-state index in [1.165, 1.54) is 30.5 Å². The van der Waals surface area contributed by atoms with Crippen LogP contribution in [0.2, 0.25) is 0 Å². The van der Waals surface area contributed by atoms with Crippen LogP contribution < -0.4 is 5.32 Å². The molecule has 1 unspecified atom stereocenters. The summed E-state index contributed by atoms with van der Waals surface area (Å²) in [7, 11) is 0. The molecule has 1 saturated heterocycles. The molecule has 0 saturated carbocycles. The summed E-state index contributed by atoms with van der Waals surface area (Å²) in [6.07, 6.45) is 2.66. The Bertz CT molecular complexity index is 433. The summed E-state index contributed by atoms with van der Waals surface area (Å²) >= 11 is 0. The second-order valence-electron chi connectivity index (χ2n) is 7.54. The normalized spacial score (nSPS) is 20.1. The van der Waals surface area contributed by atoms with Crippen molar-refractivity contribution in [2.45, 2.75) is 71.5 Å². The van der Waals surface area contributed by atoms with Gasteiger partial charge in [0.05, 0.1) is 0 Å². The molecule has 21 heavy (non-hydrogen) atoms. The quantitative estimate of drug-likeness (QED) is 0.845. The minimum atomic E-state index is 0.368. The lowest BCUT2D eigenvalue weighted by Gasteiger charge is -2.31. The summed E-state index contributed by atoms with van der Waals surface area (Å²) in [5, 5.41) is 3.52. The zero-order valence-corrected chi connectivity index (χ0v) is 14.4. The van der Waals surface area contributed by atoms with E-state index in [4.69, 9.17) is 0 Å². The van der Waals surface area contributed by atoms with Crippen LogP contribution in [0.5, 0.6) is 0 Å². The molecule has 1 fully saturated rings. The Hall–Kier alpha value is -0.860. The molecule has 1 heterocycles. The zero-order valence-electron chi connectivity index (χ0n) is 14.4. The van der Waals surface area contributed by atoms with Crippen LogP contribution >= 0.6 is 0 Å². The van der Waals surface area contributed by atoms with Crippen molar-refractivity contribution in [3.63, 3.8) is 0 Å². The van der Waals surface area contributed by atoms with E-state index < -0.39 is 0 Å². The lowest BCUT2D eigenvalue weighted by Crippen LogP contribution is -2.37. The molecular formula is C19H32N2. The molecule has 2 heteroatoms. The SMILES string of the molecule is CC(C)NCC(C)c1ccc(CN2CCCC2(C)C)cc1. The molecule has 0 radical (unpaired) electrons. The number of rotatable bonds is 6. The van der Waals surface area contributed by atoms with Crippen molar-refractivity contribution >= 4 is 0 Å². The summed E-state index contributed by atoms with van der Waals surface area (Å²) in [4.78, 5) is 2.62. The van der Waals surface area contributed by atoms with Crippen LogP contribution in [-0.2, 0) is 6.54 Å². The molecule has 118 valence electrons. The van der Waals surface area contributed by atoms with Gasteiger partial charge in [-0.2, -0.15) is 0 Å². The van der Waals surface area contributed by atoms with E-state index in [1.54, 1.807) is 0 Å². The number of nitrogens with one attached hydrogen (secondary N) is 1. The van der Waals surface area contributed by atoms with Crippen molar-refractivity contribution in [2.75, 3.05) is 13.1 Å². The van der Waals surface area contributed by atoms with Gasteiger partial charge in [-0.1, -0.05) is 45.0 Å². The molecule has 0 aromatic heterocycles. The Kier molecular flexibility index (Phi) is 5.45. The number of benzene rings is 1. The number of hydrogen-bond donors (Lipinski definition) is 1. The molecule has 0 spiro atoms. The summed E-state index contributed by atoms with van der Waals surface area (Å²) < 4.78 is 0. The van der Waals surface area contributed by atoms with Crippen LogP contribution in [0.15, 0.2) is 24.3 Å². The maximum atomic E-state index is 3.52. The fraction of sp³-hybridized carbons (Fsp3) is 0.684. The summed E-state index contributed by atoms with van der Waals surface area (Å²) in [5.41, 5.74) is 3.25. The van der Waals surface area contributed by atoms with Gasteiger partial charge in [-0.25, -0.2) is 0 Å². The molecule has 1 aromatic rings. The summed E-state index contributed by atoms with van der Waals surface area (Å²) in [5.74, 6) is 0.574. The zero-order chi connectivity index (χ0) is 15.5. The molecule has 2 rings (SSSR count). The third-order valence-electron chi connectivity index (χ3n) is 4.83. The van der Waals surface area contributed by atoms with Crippen molar-refractivity contribution in [2.24, 2.45) is 0 Å². The van der Waals surface area contributed by atoms with Gasteiger partial charge in [0.15, 0.2) is 0 Å². The highest BCUT2D eigenvalue weighted by Crippen LogP contribution is 2.29. The van der Waals surface area contributed by atoms with Crippen LogP contribution in [0.25, 0.3) is 0 Å². The van der Waals surface area contributed by atoms with Gasteiger partial charge < -0.3 is 5.32 Å². The molecule has 1 aliphatic rings. The Morgan fingerprint density at radius 2 is 1.81 bits per heavy atom. The van der Waals surface area contributed by atoms with E-state index in [0.717, 1.165) is 13.1 Å². The van der Waals surface area contributed by atoms with Gasteiger partial charge in [-0.05, 0) is 50.3 Å². The van der Waals surface area contributed by atoms with E-state index in [1.807, 2.05) is 0 Å². The van der Waals surface area contributed by atoms with Crippen LogP contribution in [0.1, 0.15) is 64.5 Å². The molecule has 0 amide bonds. The molecule has 2 nitrogen and oxygen atoms in total. The fourth-order valence-corrected chi connectivity index (χ4v) is 3.16. The first-order chi connectivity index (χ1) is 9.88. The van der Waals surface area contributed by atoms with Gasteiger partial charge in [0.25, 0.3) is 0 Å². The lowest BCUT2D eigenvalue weighted by molar-refractivity contribution is 0.166. The number of nitrogens with zero attached hydrogens (tertiary/aromatic N) is 1. The van der Waals surface area contributed by atoms with Crippen LogP contribution in [-0.4, -0.2) is 29.6 Å². The Morgan fingerprint density at radius 3 is 2.33 bits per heavy atom. The van der Waals surface area contributed by atoms with Crippen molar-refractivity contribution in [1.82, 2.24) is 10.2 Å². The fourth-order valence-electron chi connectivity index (χ4n) is 3.16. The topological polar surface area (TPSA) is 15.3 Å². The maximum absolute atomic E-state index is 3.52. The maximum Gasteiger partial charge on any atom is 0.0239 e. The predicted molar refractivity (Wildman–Crippen MR) is 91.7 cm³/mol. The molecule has 0 aliphatic carbocycles. The van der Waals surface area contributed by atoms with Crippen LogP contribution in [0.3, 0.4) is 0 Å². The van der Waals surface area contributed by atoms with Crippen molar-refractivity contribution in [1.29, 1.82) is 0 Å². The Morgan fingerprint density at radius 1 is 1.14 bits per heavy atom. The first-order valence-electron chi connectivity index (χ1n) is 8.46. The highest BCUT2D eigenvalue weighted by atomic mass is 15.2. The van der Waals surface area contributed by atoms with Gasteiger partial charge in [0.1, 0.15) is 0 Å². The van der Waals surface area contributed by atoms with Gasteiger partial charge in [-0.3, -0.25) is 4.90 Å². The standard InChI is InChI=1S/C19H32N2/c1-15(2)20-13-16(3)18-9-7-17(8-10-18)14-21-12-6-11-19(21,4)5/h7-10,15-16,20H,6,11-14H2,1-5H3. The van der Waals surface area contributed by atoms with E-state index in [0.29, 0.717) is 17.5 Å². The first-order valence-corrected chi connectivity index (χ1v) is 8.46. The van der Waals surface area contributed by atoms with E-state index >= 15 is 0 Å². The minimum absolute atomic E-state index is 0.368. The van der Waals surface area contributed by atoms with Gasteiger partial charge in [0.2, 0.25) is 0 Å². The van der Waals surface area contributed by atoms with Gasteiger partial charge in [-0.15, -0.1) is 0 Å². The third kappa shape index (κ3) is 4.55. The second-order valence-corrected chi connectivity index (χ2v) is 7.54. The van der Waals surface area contributed by atoms with Gasteiger partial charge in [0, 0.05) is 24.7 Å². The highest BCUT2D eigenvalue weighted by molar-refractivity contribution is 5.25. The largest absolute Gasteiger partial charge is 0.314 e. The third-order valence-corrected chi connectivity index (χ3v) is 4.83. The number of likely N-dealkylation sites (tertiary alicyclic amines) is 1. The second kappa shape index (κ2) is 6.93. The smallest absolute Gasteiger partial charge is 0.0239 e. The average molecular weight is 288 g/mol. The molecular weight excluding hydrogens is 256 g/mol. The average Bonchev–Trinajstić information content (AvgIpc) is 2.76. The van der Waals surface area contributed by atoms with Crippen molar-refractivity contribution < 1.29 is 0 Å². The Labute approximate surface area is 130 Å². The van der Waals surface area contributed by atoms with E-state index in [9.17, 15) is 0 Å². The van der Waals surface area contributed by atoms with Crippen LogP contribution in [0, 0.1) is 0 Å². The van der Waals surface area contributed by atoms with Gasteiger partial charge >= 0.3 is 0 Å². The number of hydrogen-bond acceptors (Lipinski definition) is 2. The summed E-state index contributed by atoms with van der Waals surface area (Å²) in [6, 6.07) is 9.81. The van der Waals surface area contributed by atoms with Crippen molar-refractivity contribution in [3.05, 3.63) is 35.4 Å². The molecule has 1 aromatic carbocycles.